The van der Waals surface area contributed by atoms with Crippen molar-refractivity contribution in [1.29, 1.82) is 0 Å². The summed E-state index contributed by atoms with van der Waals surface area (Å²) >= 11 is 7.64. The normalized spacial score (nSPS) is 15.0. The molecule has 0 saturated heterocycles. The molecule has 0 aliphatic carbocycles. The highest BCUT2D eigenvalue weighted by Crippen LogP contribution is 2.37. The number of hydrogen-bond donors (Lipinski definition) is 0. The monoisotopic (exact) mass is 498 g/mol. The van der Waals surface area contributed by atoms with Crippen molar-refractivity contribution < 1.29 is 19.1 Å². The minimum absolute atomic E-state index is 0.0328. The van der Waals surface area contributed by atoms with Gasteiger partial charge in [0, 0.05) is 30.1 Å². The van der Waals surface area contributed by atoms with Gasteiger partial charge in [-0.25, -0.2) is 0 Å². The topological polar surface area (TPSA) is 59.1 Å². The Balaban J connectivity index is 1.48. The zero-order valence-corrected chi connectivity index (χ0v) is 20.6. The fourth-order valence-electron chi connectivity index (χ4n) is 4.09. The summed E-state index contributed by atoms with van der Waals surface area (Å²) in [4.78, 5) is 31.2. The summed E-state index contributed by atoms with van der Waals surface area (Å²) in [6, 6.07) is 18.8. The van der Waals surface area contributed by atoms with Crippen molar-refractivity contribution in [3.8, 4) is 5.75 Å². The number of carbonyl (C=O) groups is 2. The molecule has 1 aromatic heterocycles. The Labute approximate surface area is 208 Å². The summed E-state index contributed by atoms with van der Waals surface area (Å²) in [6.07, 6.45) is 0.813. The third-order valence-corrected chi connectivity index (χ3v) is 7.07. The third kappa shape index (κ3) is 5.78. The van der Waals surface area contributed by atoms with Crippen LogP contribution in [0.3, 0.4) is 0 Å². The minimum Gasteiger partial charge on any atom is -0.484 e. The first-order chi connectivity index (χ1) is 16.6. The maximum atomic E-state index is 13.5. The highest BCUT2D eigenvalue weighted by molar-refractivity contribution is 7.10. The average Bonchev–Trinajstić information content (AvgIpc) is 3.34. The Hall–Kier alpha value is -2.87. The second-order valence-corrected chi connectivity index (χ2v) is 9.44. The van der Waals surface area contributed by atoms with Gasteiger partial charge in [0.2, 0.25) is 5.91 Å². The van der Waals surface area contributed by atoms with Gasteiger partial charge in [0.25, 0.3) is 5.91 Å². The van der Waals surface area contributed by atoms with Gasteiger partial charge in [-0.05, 0) is 53.3 Å². The number of halogens is 1. The quantitative estimate of drug-likeness (QED) is 0.438. The number of thiophene rings is 1. The number of nitrogens with zero attached hydrogens (tertiary/aromatic N) is 2. The summed E-state index contributed by atoms with van der Waals surface area (Å²) < 4.78 is 10.8. The second-order valence-electron chi connectivity index (χ2n) is 8.00. The largest absolute Gasteiger partial charge is 0.484 e. The molecular formula is C26H27ClN2O4S. The van der Waals surface area contributed by atoms with Crippen molar-refractivity contribution in [2.45, 2.75) is 12.5 Å². The Bertz CT molecular complexity index is 1100. The highest BCUT2D eigenvalue weighted by Gasteiger charge is 2.33. The van der Waals surface area contributed by atoms with Gasteiger partial charge < -0.3 is 19.3 Å². The van der Waals surface area contributed by atoms with E-state index in [1.807, 2.05) is 35.2 Å². The Kier molecular flexibility index (Phi) is 8.21. The van der Waals surface area contributed by atoms with Crippen LogP contribution in [0.15, 0.2) is 66.0 Å². The molecule has 0 bridgehead atoms. The molecule has 34 heavy (non-hydrogen) atoms. The number of amides is 2. The smallest absolute Gasteiger partial charge is 0.261 e. The highest BCUT2D eigenvalue weighted by atomic mass is 35.5. The number of ether oxygens (including phenoxy) is 2. The van der Waals surface area contributed by atoms with Gasteiger partial charge in [-0.1, -0.05) is 41.9 Å². The molecule has 2 heterocycles. The third-order valence-electron chi connectivity index (χ3n) is 5.82. The van der Waals surface area contributed by atoms with E-state index in [-0.39, 0.29) is 31.0 Å². The Morgan fingerprint density at radius 3 is 2.62 bits per heavy atom. The van der Waals surface area contributed by atoms with E-state index < -0.39 is 0 Å². The molecule has 0 radical (unpaired) electrons. The van der Waals surface area contributed by atoms with Crippen LogP contribution < -0.4 is 4.74 Å². The summed E-state index contributed by atoms with van der Waals surface area (Å²) in [7, 11) is 1.57. The number of benzene rings is 2. The molecule has 6 nitrogen and oxygen atoms in total. The summed E-state index contributed by atoms with van der Waals surface area (Å²) in [5.74, 6) is 0.174. The lowest BCUT2D eigenvalue weighted by atomic mass is 9.93. The van der Waals surface area contributed by atoms with Crippen LogP contribution in [-0.2, 0) is 20.7 Å². The molecular weight excluding hydrogens is 472 g/mol. The zero-order valence-electron chi connectivity index (χ0n) is 19.0. The van der Waals surface area contributed by atoms with E-state index >= 15 is 0 Å². The molecule has 0 saturated carbocycles. The summed E-state index contributed by atoms with van der Waals surface area (Å²) in [5, 5.41) is 2.67. The molecule has 2 aromatic carbocycles. The van der Waals surface area contributed by atoms with Crippen LogP contribution >= 0.6 is 22.9 Å². The minimum atomic E-state index is -0.273. The number of fused-ring (bicyclic) bond motifs is 1. The number of carbonyl (C=O) groups excluding carboxylic acids is 2. The fraction of sp³-hybridized carbons (Fsp3) is 0.308. The fourth-order valence-corrected chi connectivity index (χ4v) is 5.12. The van der Waals surface area contributed by atoms with E-state index in [2.05, 4.69) is 11.4 Å². The van der Waals surface area contributed by atoms with E-state index in [0.717, 1.165) is 17.5 Å². The van der Waals surface area contributed by atoms with Crippen LogP contribution in [0.1, 0.15) is 22.0 Å². The first-order valence-electron chi connectivity index (χ1n) is 11.1. The average molecular weight is 499 g/mol. The standard InChI is InChI=1S/C26H27ClN2O4S/c1-32-15-14-28(25(31)18-33-21-9-7-20(27)8-10-21)17-24(30)29-13-11-23-22(12-16-34-23)26(29)19-5-3-2-4-6-19/h2-10,12,16,26H,11,13-15,17-18H2,1H3. The molecule has 1 aliphatic rings. The van der Waals surface area contributed by atoms with Crippen LogP contribution in [0.4, 0.5) is 0 Å². The van der Waals surface area contributed by atoms with Gasteiger partial charge in [-0.15, -0.1) is 11.3 Å². The lowest BCUT2D eigenvalue weighted by Crippen LogP contribution is -2.48. The molecule has 3 aromatic rings. The summed E-state index contributed by atoms with van der Waals surface area (Å²) in [5.41, 5.74) is 2.23. The molecule has 1 unspecified atom stereocenters. The van der Waals surface area contributed by atoms with E-state index in [0.29, 0.717) is 30.5 Å². The molecule has 0 spiro atoms. The van der Waals surface area contributed by atoms with Crippen molar-refractivity contribution in [3.05, 3.63) is 87.1 Å². The molecule has 2 amide bonds. The lowest BCUT2D eigenvalue weighted by molar-refractivity contribution is -0.143. The first kappa shape index (κ1) is 24.3. The zero-order chi connectivity index (χ0) is 23.9. The van der Waals surface area contributed by atoms with Crippen molar-refractivity contribution in [3.63, 3.8) is 0 Å². The van der Waals surface area contributed by atoms with Gasteiger partial charge in [0.15, 0.2) is 6.61 Å². The van der Waals surface area contributed by atoms with Gasteiger partial charge >= 0.3 is 0 Å². The van der Waals surface area contributed by atoms with Crippen molar-refractivity contribution in [2.75, 3.05) is 40.0 Å². The van der Waals surface area contributed by atoms with Gasteiger partial charge in [-0.2, -0.15) is 0 Å². The molecule has 4 rings (SSSR count). The SMILES string of the molecule is COCCN(CC(=O)N1CCc2sccc2C1c1ccccc1)C(=O)COc1ccc(Cl)cc1. The van der Waals surface area contributed by atoms with Gasteiger partial charge in [-0.3, -0.25) is 9.59 Å². The maximum absolute atomic E-state index is 13.5. The Morgan fingerprint density at radius 2 is 1.88 bits per heavy atom. The number of rotatable bonds is 9. The van der Waals surface area contributed by atoms with Crippen LogP contribution in [0, 0.1) is 0 Å². The maximum Gasteiger partial charge on any atom is 0.261 e. The number of hydrogen-bond acceptors (Lipinski definition) is 5. The molecule has 1 atom stereocenters. The molecule has 8 heteroatoms. The molecule has 0 fully saturated rings. The van der Waals surface area contributed by atoms with Crippen LogP contribution in [-0.4, -0.2) is 61.6 Å². The van der Waals surface area contributed by atoms with Crippen molar-refractivity contribution in [2.24, 2.45) is 0 Å². The van der Waals surface area contributed by atoms with E-state index in [1.165, 1.54) is 9.78 Å². The van der Waals surface area contributed by atoms with Crippen LogP contribution in [0.25, 0.3) is 0 Å². The lowest BCUT2D eigenvalue weighted by Gasteiger charge is -2.37. The number of methoxy groups -OCH3 is 1. The first-order valence-corrected chi connectivity index (χ1v) is 12.4. The van der Waals surface area contributed by atoms with Crippen LogP contribution in [0.5, 0.6) is 5.75 Å². The van der Waals surface area contributed by atoms with Crippen LogP contribution in [0.2, 0.25) is 5.02 Å². The predicted molar refractivity (Wildman–Crippen MR) is 133 cm³/mol. The van der Waals surface area contributed by atoms with Crippen molar-refractivity contribution in [1.82, 2.24) is 9.80 Å². The van der Waals surface area contributed by atoms with E-state index in [4.69, 9.17) is 21.1 Å². The Morgan fingerprint density at radius 1 is 1.12 bits per heavy atom. The predicted octanol–water partition coefficient (Wildman–Crippen LogP) is 4.43. The molecule has 1 aliphatic heterocycles. The van der Waals surface area contributed by atoms with E-state index in [9.17, 15) is 9.59 Å². The molecule has 178 valence electrons. The molecule has 0 N–H and O–H groups in total. The van der Waals surface area contributed by atoms with Gasteiger partial charge in [0.1, 0.15) is 5.75 Å². The summed E-state index contributed by atoms with van der Waals surface area (Å²) in [6.45, 7) is 1.04. The van der Waals surface area contributed by atoms with Crippen molar-refractivity contribution >= 4 is 34.8 Å². The van der Waals surface area contributed by atoms with Gasteiger partial charge in [0.05, 0.1) is 19.2 Å². The second kappa shape index (κ2) is 11.5. The van der Waals surface area contributed by atoms with E-state index in [1.54, 1.807) is 42.7 Å².